The van der Waals surface area contributed by atoms with Crippen molar-refractivity contribution < 1.29 is 9.59 Å². The van der Waals surface area contributed by atoms with Crippen molar-refractivity contribution in [3.63, 3.8) is 0 Å². The first-order valence-electron chi connectivity index (χ1n) is 11.7. The van der Waals surface area contributed by atoms with E-state index in [4.69, 9.17) is 0 Å². The van der Waals surface area contributed by atoms with Gasteiger partial charge in [0.15, 0.2) is 11.0 Å². The molecule has 0 saturated heterocycles. The largest absolute Gasteiger partial charge is 0.342 e. The monoisotopic (exact) mass is 569 g/mol. The van der Waals surface area contributed by atoms with Crippen molar-refractivity contribution in [1.29, 1.82) is 0 Å². The topological polar surface area (TPSA) is 88.9 Å². The Kier molecular flexibility index (Phi) is 9.50. The number of amides is 2. The number of aromatic nitrogens is 3. The number of benzene rings is 2. The highest BCUT2D eigenvalue weighted by Gasteiger charge is 2.26. The van der Waals surface area contributed by atoms with Gasteiger partial charge in [0, 0.05) is 22.3 Å². The number of hydrogen-bond acceptors (Lipinski definition) is 5. The van der Waals surface area contributed by atoms with Crippen LogP contribution in [0.3, 0.4) is 0 Å². The smallest absolute Gasteiger partial charge is 0.251 e. The lowest BCUT2D eigenvalue weighted by Gasteiger charge is -2.22. The molecular formula is C27H32BrN5O2S. The molecule has 9 heteroatoms. The number of carbonyl (C=O) groups excluding carboxylic acids is 2. The third-order valence-electron chi connectivity index (χ3n) is 5.93. The van der Waals surface area contributed by atoms with Crippen LogP contribution < -0.4 is 10.6 Å². The van der Waals surface area contributed by atoms with Gasteiger partial charge in [-0.1, -0.05) is 65.3 Å². The lowest BCUT2D eigenvalue weighted by molar-refractivity contribution is -0.113. The third-order valence-corrected chi connectivity index (χ3v) is 7.76. The minimum Gasteiger partial charge on any atom is -0.342 e. The van der Waals surface area contributed by atoms with Crippen molar-refractivity contribution in [1.82, 2.24) is 20.1 Å². The van der Waals surface area contributed by atoms with Crippen molar-refractivity contribution in [2.45, 2.75) is 52.4 Å². The molecule has 0 unspecified atom stereocenters. The van der Waals surface area contributed by atoms with Gasteiger partial charge in [0.2, 0.25) is 5.91 Å². The zero-order valence-corrected chi connectivity index (χ0v) is 23.7. The van der Waals surface area contributed by atoms with E-state index in [-0.39, 0.29) is 29.5 Å². The molecular weight excluding hydrogens is 538 g/mol. The van der Waals surface area contributed by atoms with E-state index in [2.05, 4.69) is 43.3 Å². The molecule has 2 aromatic carbocycles. The SMILES string of the molecule is C=CCn1c(SCC(=O)Nc2ccc(Br)c(C)c2C)nnc1[C@@H](NC(=O)c1ccc(C)cc1)C(C)C. The fourth-order valence-electron chi connectivity index (χ4n) is 3.64. The van der Waals surface area contributed by atoms with Gasteiger partial charge in [0.1, 0.15) is 0 Å². The summed E-state index contributed by atoms with van der Waals surface area (Å²) >= 11 is 4.82. The summed E-state index contributed by atoms with van der Waals surface area (Å²) in [5, 5.41) is 15.4. The number of nitrogens with zero attached hydrogens (tertiary/aromatic N) is 3. The number of hydrogen-bond donors (Lipinski definition) is 2. The van der Waals surface area contributed by atoms with Gasteiger partial charge in [0.25, 0.3) is 5.91 Å². The van der Waals surface area contributed by atoms with Crippen LogP contribution >= 0.6 is 27.7 Å². The van der Waals surface area contributed by atoms with Crippen LogP contribution in [0.4, 0.5) is 5.69 Å². The summed E-state index contributed by atoms with van der Waals surface area (Å²) in [5.41, 5.74) is 4.57. The van der Waals surface area contributed by atoms with E-state index in [0.29, 0.717) is 23.1 Å². The molecule has 0 aliphatic heterocycles. The van der Waals surface area contributed by atoms with Crippen LogP contribution in [0, 0.1) is 26.7 Å². The van der Waals surface area contributed by atoms with E-state index >= 15 is 0 Å². The van der Waals surface area contributed by atoms with Crippen LogP contribution in [0.5, 0.6) is 0 Å². The van der Waals surface area contributed by atoms with Gasteiger partial charge < -0.3 is 15.2 Å². The molecule has 36 heavy (non-hydrogen) atoms. The molecule has 0 spiro atoms. The van der Waals surface area contributed by atoms with Crippen LogP contribution in [-0.2, 0) is 11.3 Å². The predicted molar refractivity (Wildman–Crippen MR) is 149 cm³/mol. The molecule has 190 valence electrons. The number of aryl methyl sites for hydroxylation is 1. The molecule has 1 atom stereocenters. The van der Waals surface area contributed by atoms with Gasteiger partial charge in [-0.25, -0.2) is 0 Å². The molecule has 2 amide bonds. The van der Waals surface area contributed by atoms with Crippen LogP contribution in [0.25, 0.3) is 0 Å². The lowest BCUT2D eigenvalue weighted by atomic mass is 10.0. The first kappa shape index (κ1) is 27.7. The second kappa shape index (κ2) is 12.4. The maximum Gasteiger partial charge on any atom is 0.251 e. The number of halogens is 1. The first-order valence-corrected chi connectivity index (χ1v) is 13.5. The molecule has 0 fully saturated rings. The summed E-state index contributed by atoms with van der Waals surface area (Å²) in [5.74, 6) is 0.569. The van der Waals surface area contributed by atoms with Gasteiger partial charge in [0.05, 0.1) is 11.8 Å². The molecule has 0 bridgehead atoms. The standard InChI is InChI=1S/C27H32BrN5O2S/c1-7-14-33-25(24(16(2)3)30-26(35)20-10-8-17(4)9-11-20)31-32-27(33)36-15-23(34)29-22-13-12-21(28)18(5)19(22)6/h7-13,16,24H,1,14-15H2,2-6H3,(H,29,34)(H,30,35)/t24-/m0/s1. The Balaban J connectivity index is 1.76. The maximum absolute atomic E-state index is 12.9. The summed E-state index contributed by atoms with van der Waals surface area (Å²) in [6.07, 6.45) is 1.75. The van der Waals surface area contributed by atoms with Gasteiger partial charge in [-0.05, 0) is 62.1 Å². The van der Waals surface area contributed by atoms with Crippen molar-refractivity contribution >= 4 is 45.2 Å². The van der Waals surface area contributed by atoms with E-state index in [1.807, 2.05) is 75.6 Å². The van der Waals surface area contributed by atoms with Gasteiger partial charge >= 0.3 is 0 Å². The van der Waals surface area contributed by atoms with Gasteiger partial charge in [-0.2, -0.15) is 0 Å². The number of anilines is 1. The molecule has 0 aliphatic carbocycles. The zero-order valence-electron chi connectivity index (χ0n) is 21.3. The minimum atomic E-state index is -0.359. The normalized spacial score (nSPS) is 11.9. The quantitative estimate of drug-likeness (QED) is 0.230. The summed E-state index contributed by atoms with van der Waals surface area (Å²) in [6.45, 7) is 14.3. The Labute approximate surface area is 225 Å². The average Bonchev–Trinajstić information content (AvgIpc) is 3.24. The third kappa shape index (κ3) is 6.64. The number of nitrogens with one attached hydrogen (secondary N) is 2. The lowest BCUT2D eigenvalue weighted by Crippen LogP contribution is -2.33. The molecule has 0 saturated carbocycles. The molecule has 7 nitrogen and oxygen atoms in total. The van der Waals surface area contributed by atoms with E-state index in [1.54, 1.807) is 6.08 Å². The molecule has 0 radical (unpaired) electrons. The Bertz CT molecular complexity index is 1250. The molecule has 0 aliphatic rings. The molecule has 2 N–H and O–H groups in total. The Hall–Kier alpha value is -2.91. The first-order chi connectivity index (χ1) is 17.1. The van der Waals surface area contributed by atoms with Crippen molar-refractivity contribution in [2.24, 2.45) is 5.92 Å². The Morgan fingerprint density at radius 3 is 2.42 bits per heavy atom. The summed E-state index contributed by atoms with van der Waals surface area (Å²) in [7, 11) is 0. The predicted octanol–water partition coefficient (Wildman–Crippen LogP) is 6.01. The zero-order chi connectivity index (χ0) is 26.4. The summed E-state index contributed by atoms with van der Waals surface area (Å²) < 4.78 is 2.91. The molecule has 3 rings (SSSR count). The Morgan fingerprint density at radius 2 is 1.78 bits per heavy atom. The fraction of sp³-hybridized carbons (Fsp3) is 0.333. The van der Waals surface area contributed by atoms with Crippen LogP contribution in [-0.4, -0.2) is 32.3 Å². The average molecular weight is 571 g/mol. The van der Waals surface area contributed by atoms with E-state index in [1.165, 1.54) is 11.8 Å². The van der Waals surface area contributed by atoms with E-state index in [0.717, 1.165) is 26.9 Å². The fourth-order valence-corrected chi connectivity index (χ4v) is 4.82. The van der Waals surface area contributed by atoms with E-state index in [9.17, 15) is 9.59 Å². The van der Waals surface area contributed by atoms with Crippen molar-refractivity contribution in [3.05, 3.63) is 81.6 Å². The van der Waals surface area contributed by atoms with Crippen LogP contribution in [0.2, 0.25) is 0 Å². The second-order valence-corrected chi connectivity index (χ2v) is 10.8. The van der Waals surface area contributed by atoms with Crippen LogP contribution in [0.1, 0.15) is 52.8 Å². The van der Waals surface area contributed by atoms with E-state index < -0.39 is 0 Å². The molecule has 1 heterocycles. The number of allylic oxidation sites excluding steroid dienone is 1. The molecule has 3 aromatic rings. The summed E-state index contributed by atoms with van der Waals surface area (Å²) in [4.78, 5) is 25.6. The van der Waals surface area contributed by atoms with Gasteiger partial charge in [-0.15, -0.1) is 16.8 Å². The van der Waals surface area contributed by atoms with Crippen LogP contribution in [0.15, 0.2) is 58.7 Å². The highest BCUT2D eigenvalue weighted by Crippen LogP contribution is 2.28. The minimum absolute atomic E-state index is 0.0666. The van der Waals surface area contributed by atoms with Crippen molar-refractivity contribution in [3.8, 4) is 0 Å². The maximum atomic E-state index is 12.9. The highest BCUT2D eigenvalue weighted by molar-refractivity contribution is 9.10. The Morgan fingerprint density at radius 1 is 1.08 bits per heavy atom. The highest BCUT2D eigenvalue weighted by atomic mass is 79.9. The number of thioether (sulfide) groups is 1. The van der Waals surface area contributed by atoms with Gasteiger partial charge in [-0.3, -0.25) is 9.59 Å². The van der Waals surface area contributed by atoms with Crippen molar-refractivity contribution in [2.75, 3.05) is 11.1 Å². The second-order valence-electron chi connectivity index (χ2n) is 8.98. The molecule has 1 aromatic heterocycles. The summed E-state index contributed by atoms with van der Waals surface area (Å²) in [6, 6.07) is 10.9. The number of carbonyl (C=O) groups is 2. The number of rotatable bonds is 10.